The Kier molecular flexibility index (Phi) is 6.02. The molecular weight excluding hydrogens is 352 g/mol. The summed E-state index contributed by atoms with van der Waals surface area (Å²) < 4.78 is 5.57. The second-order valence-electron chi connectivity index (χ2n) is 7.75. The number of hydrogen-bond donors (Lipinski definition) is 1. The minimum Gasteiger partial charge on any atom is -0.484 e. The van der Waals surface area contributed by atoms with Gasteiger partial charge in [-0.2, -0.15) is 0 Å². The Morgan fingerprint density at radius 2 is 1.86 bits per heavy atom. The average Bonchev–Trinajstić information content (AvgIpc) is 3.02. The molecule has 1 aliphatic rings. The van der Waals surface area contributed by atoms with E-state index in [4.69, 9.17) is 4.74 Å². The molecule has 0 saturated carbocycles. The number of carbonyl (C=O) groups excluding carboxylic acids is 2. The van der Waals surface area contributed by atoms with Gasteiger partial charge < -0.3 is 15.0 Å². The number of amides is 2. The minimum atomic E-state index is -0.215. The van der Waals surface area contributed by atoms with Crippen LogP contribution in [0.4, 0.5) is 5.69 Å². The van der Waals surface area contributed by atoms with Crippen molar-refractivity contribution in [1.29, 1.82) is 0 Å². The number of carbonyl (C=O) groups is 2. The molecule has 1 heterocycles. The summed E-state index contributed by atoms with van der Waals surface area (Å²) in [5, 5.41) is 2.91. The van der Waals surface area contributed by atoms with Crippen LogP contribution >= 0.6 is 0 Å². The van der Waals surface area contributed by atoms with Gasteiger partial charge in [-0.1, -0.05) is 32.0 Å². The number of benzene rings is 2. The maximum atomic E-state index is 12.4. The van der Waals surface area contributed by atoms with Gasteiger partial charge in [-0.3, -0.25) is 9.59 Å². The second kappa shape index (κ2) is 8.46. The molecule has 0 spiro atoms. The number of ether oxygens (including phenoxy) is 1. The van der Waals surface area contributed by atoms with Crippen LogP contribution in [0.5, 0.6) is 5.75 Å². The predicted molar refractivity (Wildman–Crippen MR) is 111 cm³/mol. The van der Waals surface area contributed by atoms with E-state index in [2.05, 4.69) is 19.2 Å². The number of hydrogen-bond acceptors (Lipinski definition) is 3. The van der Waals surface area contributed by atoms with Crippen LogP contribution in [-0.4, -0.2) is 31.0 Å². The zero-order chi connectivity index (χ0) is 20.3. The third-order valence-electron chi connectivity index (χ3n) is 5.21. The summed E-state index contributed by atoms with van der Waals surface area (Å²) >= 11 is 0. The largest absolute Gasteiger partial charge is 0.484 e. The van der Waals surface area contributed by atoms with E-state index in [0.29, 0.717) is 24.6 Å². The van der Waals surface area contributed by atoms with Crippen molar-refractivity contribution in [1.82, 2.24) is 5.32 Å². The topological polar surface area (TPSA) is 58.6 Å². The van der Waals surface area contributed by atoms with Gasteiger partial charge in [-0.25, -0.2) is 0 Å². The summed E-state index contributed by atoms with van der Waals surface area (Å²) in [5.74, 6) is 0.933. The Balaban J connectivity index is 1.52. The van der Waals surface area contributed by atoms with E-state index in [9.17, 15) is 9.59 Å². The maximum absolute atomic E-state index is 12.4. The molecular formula is C23H28N2O3. The Hall–Kier alpha value is -2.82. The fourth-order valence-electron chi connectivity index (χ4n) is 3.31. The van der Waals surface area contributed by atoms with Gasteiger partial charge >= 0.3 is 0 Å². The standard InChI is InChI=1S/C23H28N2O3/c1-15(2)18-6-9-21(10-7-18)28-14-22(26)24-19-12-23(27)25(13-19)20-8-5-16(3)17(4)11-20/h5-11,15,19H,12-14H2,1-4H3,(H,24,26)/t19-/m0/s1. The average molecular weight is 380 g/mol. The van der Waals surface area contributed by atoms with Gasteiger partial charge in [0, 0.05) is 18.7 Å². The molecule has 0 bridgehead atoms. The molecule has 0 radical (unpaired) electrons. The lowest BCUT2D eigenvalue weighted by molar-refractivity contribution is -0.123. The normalized spacial score (nSPS) is 16.5. The predicted octanol–water partition coefficient (Wildman–Crippen LogP) is 3.73. The van der Waals surface area contributed by atoms with E-state index in [0.717, 1.165) is 11.3 Å². The van der Waals surface area contributed by atoms with E-state index in [1.54, 1.807) is 4.90 Å². The highest BCUT2D eigenvalue weighted by atomic mass is 16.5. The highest BCUT2D eigenvalue weighted by molar-refractivity contribution is 5.97. The Morgan fingerprint density at radius 1 is 1.14 bits per heavy atom. The molecule has 1 N–H and O–H groups in total. The lowest BCUT2D eigenvalue weighted by Crippen LogP contribution is -2.39. The Bertz CT molecular complexity index is 859. The zero-order valence-corrected chi connectivity index (χ0v) is 17.0. The summed E-state index contributed by atoms with van der Waals surface area (Å²) in [6.07, 6.45) is 0.307. The molecule has 5 heteroatoms. The van der Waals surface area contributed by atoms with Crippen molar-refractivity contribution in [2.45, 2.75) is 46.1 Å². The number of nitrogens with one attached hydrogen (secondary N) is 1. The van der Waals surface area contributed by atoms with Crippen LogP contribution in [-0.2, 0) is 9.59 Å². The Labute approximate surface area is 166 Å². The lowest BCUT2D eigenvalue weighted by atomic mass is 10.0. The molecule has 2 amide bonds. The second-order valence-corrected chi connectivity index (χ2v) is 7.75. The molecule has 1 aliphatic heterocycles. The summed E-state index contributed by atoms with van der Waals surface area (Å²) in [4.78, 5) is 26.3. The van der Waals surface area contributed by atoms with Gasteiger partial charge in [0.1, 0.15) is 5.75 Å². The minimum absolute atomic E-state index is 0.0266. The molecule has 2 aromatic rings. The first-order valence-corrected chi connectivity index (χ1v) is 9.73. The monoisotopic (exact) mass is 380 g/mol. The molecule has 2 aromatic carbocycles. The van der Waals surface area contributed by atoms with Crippen LogP contribution in [0.15, 0.2) is 42.5 Å². The van der Waals surface area contributed by atoms with Gasteiger partial charge in [0.15, 0.2) is 6.61 Å². The molecule has 1 fully saturated rings. The molecule has 0 aliphatic carbocycles. The van der Waals surface area contributed by atoms with E-state index < -0.39 is 0 Å². The smallest absolute Gasteiger partial charge is 0.258 e. The first kappa shape index (κ1) is 19.9. The van der Waals surface area contributed by atoms with E-state index in [1.807, 2.05) is 56.3 Å². The quantitative estimate of drug-likeness (QED) is 0.831. The van der Waals surface area contributed by atoms with Crippen molar-refractivity contribution in [2.24, 2.45) is 0 Å². The molecule has 1 atom stereocenters. The van der Waals surface area contributed by atoms with Crippen LogP contribution in [0.25, 0.3) is 0 Å². The first-order valence-electron chi connectivity index (χ1n) is 9.73. The van der Waals surface area contributed by atoms with E-state index >= 15 is 0 Å². The highest BCUT2D eigenvalue weighted by Crippen LogP contribution is 2.24. The van der Waals surface area contributed by atoms with Crippen molar-refractivity contribution in [3.63, 3.8) is 0 Å². The van der Waals surface area contributed by atoms with Crippen molar-refractivity contribution in [3.05, 3.63) is 59.2 Å². The molecule has 0 aromatic heterocycles. The van der Waals surface area contributed by atoms with Gasteiger partial charge in [0.25, 0.3) is 5.91 Å². The van der Waals surface area contributed by atoms with Crippen LogP contribution in [0, 0.1) is 13.8 Å². The zero-order valence-electron chi connectivity index (χ0n) is 17.0. The fourth-order valence-corrected chi connectivity index (χ4v) is 3.31. The van der Waals surface area contributed by atoms with Gasteiger partial charge in [-0.05, 0) is 60.7 Å². The SMILES string of the molecule is Cc1ccc(N2C[C@@H](NC(=O)COc3ccc(C(C)C)cc3)CC2=O)cc1C. The van der Waals surface area contributed by atoms with Gasteiger partial charge in [0.05, 0.1) is 6.04 Å². The summed E-state index contributed by atoms with van der Waals surface area (Å²) in [6, 6.07) is 13.6. The molecule has 148 valence electrons. The van der Waals surface area contributed by atoms with Gasteiger partial charge in [-0.15, -0.1) is 0 Å². The van der Waals surface area contributed by atoms with Crippen LogP contribution in [0.2, 0.25) is 0 Å². The van der Waals surface area contributed by atoms with E-state index in [-0.39, 0.29) is 24.5 Å². The van der Waals surface area contributed by atoms with Crippen molar-refractivity contribution < 1.29 is 14.3 Å². The molecule has 1 saturated heterocycles. The van der Waals surface area contributed by atoms with Crippen molar-refractivity contribution >= 4 is 17.5 Å². The molecule has 3 rings (SSSR count). The van der Waals surface area contributed by atoms with Crippen molar-refractivity contribution in [2.75, 3.05) is 18.1 Å². The third kappa shape index (κ3) is 4.71. The number of anilines is 1. The summed E-state index contributed by atoms with van der Waals surface area (Å²) in [6.45, 7) is 8.76. The summed E-state index contributed by atoms with van der Waals surface area (Å²) in [5.41, 5.74) is 4.45. The van der Waals surface area contributed by atoms with E-state index in [1.165, 1.54) is 11.1 Å². The lowest BCUT2D eigenvalue weighted by Gasteiger charge is -2.18. The fraction of sp³-hybridized carbons (Fsp3) is 0.391. The van der Waals surface area contributed by atoms with Crippen LogP contribution in [0.3, 0.4) is 0 Å². The highest BCUT2D eigenvalue weighted by Gasteiger charge is 2.31. The summed E-state index contributed by atoms with van der Waals surface area (Å²) in [7, 11) is 0. The van der Waals surface area contributed by atoms with Crippen molar-refractivity contribution in [3.8, 4) is 5.75 Å². The number of rotatable bonds is 6. The van der Waals surface area contributed by atoms with Crippen LogP contribution < -0.4 is 15.0 Å². The third-order valence-corrected chi connectivity index (χ3v) is 5.21. The Morgan fingerprint density at radius 3 is 2.50 bits per heavy atom. The van der Waals surface area contributed by atoms with Gasteiger partial charge in [0.2, 0.25) is 5.91 Å². The van der Waals surface area contributed by atoms with Crippen LogP contribution in [0.1, 0.15) is 42.9 Å². The molecule has 28 heavy (non-hydrogen) atoms. The first-order chi connectivity index (χ1) is 13.3. The number of aryl methyl sites for hydroxylation is 2. The maximum Gasteiger partial charge on any atom is 0.258 e. The molecule has 0 unspecified atom stereocenters. The number of nitrogens with zero attached hydrogens (tertiary/aromatic N) is 1. The molecule has 5 nitrogen and oxygen atoms in total.